The van der Waals surface area contributed by atoms with Gasteiger partial charge in [-0.2, -0.15) is 5.10 Å². The van der Waals surface area contributed by atoms with Crippen LogP contribution in [-0.4, -0.2) is 38.5 Å². The lowest BCUT2D eigenvalue weighted by Crippen LogP contribution is -2.34. The number of nitrogens with zero attached hydrogens (tertiary/aromatic N) is 4. The minimum atomic E-state index is -0.442. The predicted molar refractivity (Wildman–Crippen MR) is 107 cm³/mol. The van der Waals surface area contributed by atoms with E-state index in [1.807, 2.05) is 47.3 Å². The SMILES string of the molecule is CN1C(=O)C[C@H](C(=O)NCc2ccn(Cc3ccccc3)n2)[C@H]1c1cccnc1. The fraction of sp³-hybridized carbons (Fsp3) is 0.273. The number of aromatic nitrogens is 3. The molecule has 0 spiro atoms. The lowest BCUT2D eigenvalue weighted by atomic mass is 9.94. The summed E-state index contributed by atoms with van der Waals surface area (Å²) in [6.45, 7) is 1.01. The smallest absolute Gasteiger partial charge is 0.226 e. The van der Waals surface area contributed by atoms with Gasteiger partial charge in [0.2, 0.25) is 11.8 Å². The Kier molecular flexibility index (Phi) is 5.37. The minimum Gasteiger partial charge on any atom is -0.350 e. The number of nitrogens with one attached hydrogen (secondary N) is 1. The molecule has 1 N–H and O–H groups in total. The van der Waals surface area contributed by atoms with Gasteiger partial charge in [-0.05, 0) is 23.3 Å². The van der Waals surface area contributed by atoms with Crippen LogP contribution in [0.3, 0.4) is 0 Å². The zero-order valence-corrected chi connectivity index (χ0v) is 16.2. The predicted octanol–water partition coefficient (Wildman–Crippen LogP) is 2.16. The fourth-order valence-corrected chi connectivity index (χ4v) is 3.78. The molecule has 0 unspecified atom stereocenters. The van der Waals surface area contributed by atoms with E-state index in [2.05, 4.69) is 27.5 Å². The maximum atomic E-state index is 12.8. The third-order valence-electron chi connectivity index (χ3n) is 5.28. The van der Waals surface area contributed by atoms with Gasteiger partial charge < -0.3 is 10.2 Å². The number of likely N-dealkylation sites (tertiary alicyclic amines) is 1. The van der Waals surface area contributed by atoms with Crippen LogP contribution in [0.15, 0.2) is 67.1 Å². The van der Waals surface area contributed by atoms with Gasteiger partial charge in [-0.3, -0.25) is 19.3 Å². The molecule has 7 nitrogen and oxygen atoms in total. The number of amides is 2. The van der Waals surface area contributed by atoms with E-state index in [1.165, 1.54) is 0 Å². The van der Waals surface area contributed by atoms with E-state index in [-0.39, 0.29) is 24.3 Å². The van der Waals surface area contributed by atoms with Crippen molar-refractivity contribution in [2.75, 3.05) is 7.05 Å². The van der Waals surface area contributed by atoms with Crippen molar-refractivity contribution in [3.05, 3.63) is 83.9 Å². The number of carbonyl (C=O) groups excluding carboxylic acids is 2. The van der Waals surface area contributed by atoms with Gasteiger partial charge in [0.1, 0.15) is 0 Å². The number of pyridine rings is 1. The van der Waals surface area contributed by atoms with Gasteiger partial charge in [-0.25, -0.2) is 0 Å². The fourth-order valence-electron chi connectivity index (χ4n) is 3.78. The molecule has 29 heavy (non-hydrogen) atoms. The van der Waals surface area contributed by atoms with Crippen molar-refractivity contribution in [3.63, 3.8) is 0 Å². The molecule has 3 aromatic rings. The Morgan fingerprint density at radius 2 is 2.00 bits per heavy atom. The highest BCUT2D eigenvalue weighted by molar-refractivity contribution is 5.90. The summed E-state index contributed by atoms with van der Waals surface area (Å²) in [5.41, 5.74) is 2.82. The average molecular weight is 389 g/mol. The first kappa shape index (κ1) is 18.9. The molecule has 3 heterocycles. The maximum absolute atomic E-state index is 12.8. The standard InChI is InChI=1S/C22H23N5O2/c1-26-20(28)12-19(21(26)17-8-5-10-23-13-17)22(29)24-14-18-9-11-27(25-18)15-16-6-3-2-4-7-16/h2-11,13,19,21H,12,14-15H2,1H3,(H,24,29)/t19-,21+/m0/s1. The van der Waals surface area contributed by atoms with Crippen molar-refractivity contribution in [2.24, 2.45) is 5.92 Å². The summed E-state index contributed by atoms with van der Waals surface area (Å²) in [5.74, 6) is -0.622. The van der Waals surface area contributed by atoms with Crippen molar-refractivity contribution in [1.29, 1.82) is 0 Å². The van der Waals surface area contributed by atoms with E-state index in [0.29, 0.717) is 13.1 Å². The Hall–Kier alpha value is -3.48. The van der Waals surface area contributed by atoms with Crippen LogP contribution >= 0.6 is 0 Å². The molecule has 1 fully saturated rings. The molecule has 2 aromatic heterocycles. The van der Waals surface area contributed by atoms with Crippen molar-refractivity contribution >= 4 is 11.8 Å². The second kappa shape index (κ2) is 8.26. The molecule has 1 aliphatic heterocycles. The van der Waals surface area contributed by atoms with Gasteiger partial charge in [0.15, 0.2) is 0 Å². The summed E-state index contributed by atoms with van der Waals surface area (Å²) in [4.78, 5) is 30.8. The molecule has 0 saturated carbocycles. The molecule has 7 heteroatoms. The molecule has 1 aliphatic rings. The van der Waals surface area contributed by atoms with E-state index in [0.717, 1.165) is 16.8 Å². The third kappa shape index (κ3) is 4.18. The van der Waals surface area contributed by atoms with E-state index in [1.54, 1.807) is 24.3 Å². The van der Waals surface area contributed by atoms with Crippen LogP contribution in [-0.2, 0) is 22.7 Å². The van der Waals surface area contributed by atoms with E-state index in [9.17, 15) is 9.59 Å². The Balaban J connectivity index is 1.40. The molecule has 148 valence electrons. The Bertz CT molecular complexity index is 987. The number of benzene rings is 1. The molecule has 1 aromatic carbocycles. The monoisotopic (exact) mass is 389 g/mol. The highest BCUT2D eigenvalue weighted by Gasteiger charge is 2.42. The molecular formula is C22H23N5O2. The quantitative estimate of drug-likeness (QED) is 0.701. The van der Waals surface area contributed by atoms with Crippen LogP contribution in [0.1, 0.15) is 29.3 Å². The molecule has 0 bridgehead atoms. The summed E-state index contributed by atoms with van der Waals surface area (Å²) < 4.78 is 1.85. The van der Waals surface area contributed by atoms with Gasteiger partial charge in [0, 0.05) is 32.1 Å². The molecule has 2 atom stereocenters. The summed E-state index contributed by atoms with van der Waals surface area (Å²) in [5, 5.41) is 7.47. The summed E-state index contributed by atoms with van der Waals surface area (Å²) in [7, 11) is 1.73. The first-order valence-electron chi connectivity index (χ1n) is 9.61. The van der Waals surface area contributed by atoms with Gasteiger partial charge in [-0.1, -0.05) is 36.4 Å². The minimum absolute atomic E-state index is 0.0360. The van der Waals surface area contributed by atoms with Gasteiger partial charge in [-0.15, -0.1) is 0 Å². The second-order valence-corrected chi connectivity index (χ2v) is 7.25. The Morgan fingerprint density at radius 3 is 2.76 bits per heavy atom. The van der Waals surface area contributed by atoms with Gasteiger partial charge in [0.05, 0.1) is 30.7 Å². The van der Waals surface area contributed by atoms with Crippen molar-refractivity contribution in [1.82, 2.24) is 25.0 Å². The second-order valence-electron chi connectivity index (χ2n) is 7.25. The summed E-state index contributed by atoms with van der Waals surface area (Å²) >= 11 is 0. The van der Waals surface area contributed by atoms with Crippen LogP contribution in [0.4, 0.5) is 0 Å². The molecular weight excluding hydrogens is 366 g/mol. The molecule has 1 saturated heterocycles. The van der Waals surface area contributed by atoms with Gasteiger partial charge >= 0.3 is 0 Å². The molecule has 4 rings (SSSR count). The van der Waals surface area contributed by atoms with Crippen molar-refractivity contribution < 1.29 is 9.59 Å². The molecule has 0 radical (unpaired) electrons. The van der Waals surface area contributed by atoms with Crippen LogP contribution in [0, 0.1) is 5.92 Å². The normalized spacial score (nSPS) is 18.8. The number of rotatable bonds is 6. The number of carbonyl (C=O) groups is 2. The highest BCUT2D eigenvalue weighted by Crippen LogP contribution is 2.36. The highest BCUT2D eigenvalue weighted by atomic mass is 16.2. The maximum Gasteiger partial charge on any atom is 0.226 e. The lowest BCUT2D eigenvalue weighted by Gasteiger charge is -2.24. The Morgan fingerprint density at radius 1 is 1.17 bits per heavy atom. The topological polar surface area (TPSA) is 80.1 Å². The zero-order chi connectivity index (χ0) is 20.2. The van der Waals surface area contributed by atoms with Crippen LogP contribution in [0.2, 0.25) is 0 Å². The first-order chi connectivity index (χ1) is 14.1. The van der Waals surface area contributed by atoms with E-state index >= 15 is 0 Å². The van der Waals surface area contributed by atoms with Crippen LogP contribution in [0.25, 0.3) is 0 Å². The average Bonchev–Trinajstić information content (AvgIpc) is 3.32. The lowest BCUT2D eigenvalue weighted by molar-refractivity contribution is -0.128. The molecule has 0 aliphatic carbocycles. The van der Waals surface area contributed by atoms with Crippen molar-refractivity contribution in [2.45, 2.75) is 25.6 Å². The Labute approximate surface area is 169 Å². The van der Waals surface area contributed by atoms with E-state index < -0.39 is 5.92 Å². The summed E-state index contributed by atoms with van der Waals surface area (Å²) in [6, 6.07) is 15.4. The number of hydrogen-bond acceptors (Lipinski definition) is 4. The first-order valence-corrected chi connectivity index (χ1v) is 9.61. The summed E-state index contributed by atoms with van der Waals surface area (Å²) in [6.07, 6.45) is 5.50. The van der Waals surface area contributed by atoms with Gasteiger partial charge in [0.25, 0.3) is 0 Å². The van der Waals surface area contributed by atoms with Crippen molar-refractivity contribution in [3.8, 4) is 0 Å². The third-order valence-corrected chi connectivity index (χ3v) is 5.28. The zero-order valence-electron chi connectivity index (χ0n) is 16.2. The number of hydrogen-bond donors (Lipinski definition) is 1. The molecule has 2 amide bonds. The largest absolute Gasteiger partial charge is 0.350 e. The van der Waals surface area contributed by atoms with E-state index in [4.69, 9.17) is 0 Å². The van der Waals surface area contributed by atoms with Crippen LogP contribution in [0.5, 0.6) is 0 Å². The van der Waals surface area contributed by atoms with Crippen LogP contribution < -0.4 is 5.32 Å².